The lowest BCUT2D eigenvalue weighted by Gasteiger charge is -2.26. The van der Waals surface area contributed by atoms with Crippen LogP contribution in [-0.2, 0) is 6.54 Å². The lowest BCUT2D eigenvalue weighted by atomic mass is 10.1. The summed E-state index contributed by atoms with van der Waals surface area (Å²) >= 11 is 1.39. The second-order valence-electron chi connectivity index (χ2n) is 8.40. The van der Waals surface area contributed by atoms with Crippen LogP contribution in [0, 0.1) is 0 Å². The zero-order valence-electron chi connectivity index (χ0n) is 17.8. The Morgan fingerprint density at radius 1 is 1.16 bits per heavy atom. The molecule has 3 amide bonds. The Labute approximate surface area is 187 Å². The number of nitrogens with one attached hydrogen (secondary N) is 3. The number of thiophene rings is 1. The van der Waals surface area contributed by atoms with Crippen LogP contribution in [0.15, 0.2) is 30.3 Å². The van der Waals surface area contributed by atoms with Crippen molar-refractivity contribution >= 4 is 29.0 Å². The molecule has 4 rings (SSSR count). The molecule has 2 aliphatic heterocycles. The summed E-state index contributed by atoms with van der Waals surface area (Å²) in [5.74, 6) is -0.168. The summed E-state index contributed by atoms with van der Waals surface area (Å²) < 4.78 is 0. The Morgan fingerprint density at radius 2 is 2.00 bits per heavy atom. The number of hydrogen-bond donors (Lipinski definition) is 4. The first-order valence-corrected chi connectivity index (χ1v) is 11.9. The molecule has 31 heavy (non-hydrogen) atoms. The number of piperidine rings is 2. The van der Waals surface area contributed by atoms with Gasteiger partial charge in [0.25, 0.3) is 5.91 Å². The molecule has 0 bridgehead atoms. The van der Waals surface area contributed by atoms with Gasteiger partial charge in [0.05, 0.1) is 5.69 Å². The second-order valence-corrected chi connectivity index (χ2v) is 9.45. The minimum atomic E-state index is -0.670. The Morgan fingerprint density at radius 3 is 2.74 bits per heavy atom. The quantitative estimate of drug-likeness (QED) is 0.552. The van der Waals surface area contributed by atoms with Gasteiger partial charge >= 0.3 is 6.03 Å². The van der Waals surface area contributed by atoms with E-state index in [-0.39, 0.29) is 11.9 Å². The lowest BCUT2D eigenvalue weighted by Crippen LogP contribution is -2.45. The molecule has 1 aromatic heterocycles. The van der Waals surface area contributed by atoms with Crippen LogP contribution in [0.4, 0.5) is 10.5 Å². The highest BCUT2D eigenvalue weighted by molar-refractivity contribution is 7.18. The third-order valence-electron chi connectivity index (χ3n) is 5.89. The Balaban J connectivity index is 1.54. The monoisotopic (exact) mass is 441 g/mol. The number of hydrogen-bond acceptors (Lipinski definition) is 5. The lowest BCUT2D eigenvalue weighted by molar-refractivity contribution is 0.0935. The molecule has 5 N–H and O–H groups in total. The van der Waals surface area contributed by atoms with E-state index in [0.29, 0.717) is 10.6 Å². The number of carbonyl (C=O) groups is 2. The Bertz CT molecular complexity index is 916. The maximum Gasteiger partial charge on any atom is 0.316 e. The molecule has 1 aromatic carbocycles. The summed E-state index contributed by atoms with van der Waals surface area (Å²) in [4.78, 5) is 28.4. The van der Waals surface area contributed by atoms with E-state index in [0.717, 1.165) is 56.0 Å². The van der Waals surface area contributed by atoms with E-state index < -0.39 is 6.03 Å². The molecule has 2 saturated heterocycles. The molecular formula is C23H31N5O2S. The third-order valence-corrected chi connectivity index (χ3v) is 7.08. The molecule has 3 heterocycles. The van der Waals surface area contributed by atoms with Crippen molar-refractivity contribution in [2.24, 2.45) is 5.73 Å². The number of benzene rings is 1. The molecule has 0 spiro atoms. The highest BCUT2D eigenvalue weighted by Gasteiger charge is 2.22. The van der Waals surface area contributed by atoms with Crippen LogP contribution in [0.25, 0.3) is 10.4 Å². The number of amides is 3. The van der Waals surface area contributed by atoms with Gasteiger partial charge in [-0.25, -0.2) is 4.79 Å². The summed E-state index contributed by atoms with van der Waals surface area (Å²) in [5, 5.41) is 9.02. The van der Waals surface area contributed by atoms with E-state index in [4.69, 9.17) is 5.73 Å². The molecule has 8 heteroatoms. The number of carbonyl (C=O) groups excluding carboxylic acids is 2. The van der Waals surface area contributed by atoms with Crippen LogP contribution in [-0.4, -0.2) is 49.1 Å². The smallest absolute Gasteiger partial charge is 0.316 e. The maximum absolute atomic E-state index is 13.0. The van der Waals surface area contributed by atoms with Crippen molar-refractivity contribution in [1.82, 2.24) is 15.5 Å². The number of primary amides is 1. The van der Waals surface area contributed by atoms with Gasteiger partial charge in [-0.1, -0.05) is 24.6 Å². The van der Waals surface area contributed by atoms with E-state index in [1.54, 1.807) is 0 Å². The molecule has 1 atom stereocenters. The largest absolute Gasteiger partial charge is 0.351 e. The predicted molar refractivity (Wildman–Crippen MR) is 125 cm³/mol. The summed E-state index contributed by atoms with van der Waals surface area (Å²) in [6, 6.07) is 9.72. The summed E-state index contributed by atoms with van der Waals surface area (Å²) in [5.41, 5.74) is 8.14. The van der Waals surface area contributed by atoms with Crippen LogP contribution in [0.1, 0.15) is 47.3 Å². The Kier molecular flexibility index (Phi) is 7.21. The van der Waals surface area contributed by atoms with Crippen molar-refractivity contribution in [2.45, 2.75) is 44.7 Å². The number of nitrogens with zero attached hydrogens (tertiary/aromatic N) is 1. The van der Waals surface area contributed by atoms with Gasteiger partial charge < -0.3 is 21.7 Å². The molecule has 7 nitrogen and oxygen atoms in total. The summed E-state index contributed by atoms with van der Waals surface area (Å²) in [6.07, 6.45) is 5.84. The van der Waals surface area contributed by atoms with Crippen LogP contribution in [0.3, 0.4) is 0 Å². The number of nitrogens with two attached hydrogens (primary N) is 1. The summed E-state index contributed by atoms with van der Waals surface area (Å²) in [6.45, 7) is 4.99. The molecule has 2 aromatic rings. The van der Waals surface area contributed by atoms with Gasteiger partial charge in [0.2, 0.25) is 0 Å². The highest BCUT2D eigenvalue weighted by atomic mass is 32.1. The number of anilines is 1. The van der Waals surface area contributed by atoms with Crippen LogP contribution >= 0.6 is 11.3 Å². The zero-order valence-corrected chi connectivity index (χ0v) is 18.6. The predicted octanol–water partition coefficient (Wildman–Crippen LogP) is 3.37. The molecule has 0 saturated carbocycles. The number of urea groups is 1. The van der Waals surface area contributed by atoms with Gasteiger partial charge in [-0.05, 0) is 68.6 Å². The van der Waals surface area contributed by atoms with Crippen molar-refractivity contribution in [2.75, 3.05) is 31.5 Å². The van der Waals surface area contributed by atoms with E-state index >= 15 is 0 Å². The molecule has 0 unspecified atom stereocenters. The number of likely N-dealkylation sites (tertiary alicyclic amines) is 1. The fourth-order valence-corrected chi connectivity index (χ4v) is 5.37. The third kappa shape index (κ3) is 5.84. The molecule has 166 valence electrons. The minimum absolute atomic E-state index is 0.0982. The van der Waals surface area contributed by atoms with Gasteiger partial charge in [-0.2, -0.15) is 0 Å². The number of rotatable bonds is 6. The maximum atomic E-state index is 13.0. The molecular weight excluding hydrogens is 410 g/mol. The first-order valence-electron chi connectivity index (χ1n) is 11.1. The van der Waals surface area contributed by atoms with Crippen molar-refractivity contribution in [3.05, 3.63) is 40.8 Å². The van der Waals surface area contributed by atoms with Crippen LogP contribution in [0.5, 0.6) is 0 Å². The van der Waals surface area contributed by atoms with Crippen LogP contribution in [0.2, 0.25) is 0 Å². The first-order chi connectivity index (χ1) is 15.1. The zero-order chi connectivity index (χ0) is 21.6. The van der Waals surface area contributed by atoms with Crippen LogP contribution < -0.4 is 21.7 Å². The minimum Gasteiger partial charge on any atom is -0.351 e. The van der Waals surface area contributed by atoms with Gasteiger partial charge in [-0.3, -0.25) is 9.69 Å². The first kappa shape index (κ1) is 21.8. The van der Waals surface area contributed by atoms with Crippen molar-refractivity contribution in [1.29, 1.82) is 0 Å². The highest BCUT2D eigenvalue weighted by Crippen LogP contribution is 2.35. The van der Waals surface area contributed by atoms with E-state index in [1.807, 2.05) is 12.1 Å². The normalized spacial score (nSPS) is 19.7. The van der Waals surface area contributed by atoms with Gasteiger partial charge in [0.15, 0.2) is 0 Å². The van der Waals surface area contributed by atoms with Gasteiger partial charge in [0.1, 0.15) is 4.88 Å². The molecule has 0 radical (unpaired) electrons. The topological polar surface area (TPSA) is 99.5 Å². The summed E-state index contributed by atoms with van der Waals surface area (Å²) in [7, 11) is 0. The Hall–Kier alpha value is -2.42. The van der Waals surface area contributed by atoms with Crippen molar-refractivity contribution in [3.63, 3.8) is 0 Å². The standard InChI is InChI=1S/C23H31N5O2S/c24-23(30)27-19-13-20(31-21(19)22(29)26-18-8-5-9-25-14-18)17-7-4-6-16(12-17)15-28-10-2-1-3-11-28/h4,6-7,12-13,18,25H,1-3,5,8-11,14-15H2,(H,26,29)(H3,24,27,30)/t18-/m0/s1. The fourth-order valence-electron chi connectivity index (χ4n) is 4.35. The van der Waals surface area contributed by atoms with Gasteiger partial charge in [0, 0.05) is 24.0 Å². The molecule has 2 fully saturated rings. The van der Waals surface area contributed by atoms with E-state index in [9.17, 15) is 9.59 Å². The SMILES string of the molecule is NC(=O)Nc1cc(-c2cccc(CN3CCCCC3)c2)sc1C(=O)N[C@H]1CCCNC1. The van der Waals surface area contributed by atoms with Crippen molar-refractivity contribution in [3.8, 4) is 10.4 Å². The van der Waals surface area contributed by atoms with E-state index in [2.05, 4.69) is 39.0 Å². The molecule has 2 aliphatic rings. The van der Waals surface area contributed by atoms with Gasteiger partial charge in [-0.15, -0.1) is 11.3 Å². The average molecular weight is 442 g/mol. The van der Waals surface area contributed by atoms with Crippen molar-refractivity contribution < 1.29 is 9.59 Å². The second kappa shape index (κ2) is 10.3. The average Bonchev–Trinajstić information content (AvgIpc) is 3.19. The van der Waals surface area contributed by atoms with E-state index in [1.165, 1.54) is 36.2 Å². The molecule has 0 aliphatic carbocycles. The fraction of sp³-hybridized carbons (Fsp3) is 0.478.